The topological polar surface area (TPSA) is 91.7 Å². The van der Waals surface area contributed by atoms with Crippen molar-refractivity contribution < 1.29 is 0 Å². The van der Waals surface area contributed by atoms with E-state index in [2.05, 4.69) is 24.1 Å². The molecule has 15 heavy (non-hydrogen) atoms. The molecule has 4 N–H and O–H groups in total. The smallest absolute Gasteiger partial charge is 0.325 e. The number of thioether (sulfide) groups is 1. The number of rotatable bonds is 2. The molecule has 7 heteroatoms. The molecule has 1 aromatic heterocycles. The molecule has 0 aromatic carbocycles. The van der Waals surface area contributed by atoms with Crippen LogP contribution in [0.25, 0.3) is 0 Å². The third kappa shape index (κ3) is 9.23. The molecule has 0 spiro atoms. The monoisotopic (exact) mass is 247 g/mol. The van der Waals surface area contributed by atoms with Gasteiger partial charge in [-0.15, -0.1) is 0 Å². The molecule has 0 fully saturated rings. The standard InChI is InChI=1S/C4H4N2O2.C4H9NS2/c7-3-1-2-5-4(8)6-3;1-2-3-7-4(5)6/h1-2H,(H2,5,6,7,8);2-3H2,1H3,(H2,5,6). The van der Waals surface area contributed by atoms with Crippen LogP contribution in [0.5, 0.6) is 0 Å². The van der Waals surface area contributed by atoms with Crippen molar-refractivity contribution in [2.45, 2.75) is 13.3 Å². The van der Waals surface area contributed by atoms with Gasteiger partial charge in [0.1, 0.15) is 4.32 Å². The molecule has 0 saturated carbocycles. The zero-order valence-corrected chi connectivity index (χ0v) is 9.91. The van der Waals surface area contributed by atoms with Gasteiger partial charge in [0.05, 0.1) is 0 Å². The number of nitrogens with one attached hydrogen (secondary N) is 2. The van der Waals surface area contributed by atoms with Crippen LogP contribution in [0.2, 0.25) is 0 Å². The van der Waals surface area contributed by atoms with E-state index in [1.54, 1.807) is 11.8 Å². The van der Waals surface area contributed by atoms with Gasteiger partial charge in [-0.2, -0.15) is 0 Å². The largest absolute Gasteiger partial charge is 0.385 e. The van der Waals surface area contributed by atoms with Crippen molar-refractivity contribution in [2.75, 3.05) is 5.75 Å². The van der Waals surface area contributed by atoms with Gasteiger partial charge < -0.3 is 10.7 Å². The summed E-state index contributed by atoms with van der Waals surface area (Å²) in [7, 11) is 0. The van der Waals surface area contributed by atoms with Gasteiger partial charge in [0.2, 0.25) is 0 Å². The Hall–Kier alpha value is -1.08. The second-order valence-electron chi connectivity index (χ2n) is 2.46. The van der Waals surface area contributed by atoms with Gasteiger partial charge in [-0.25, -0.2) is 4.79 Å². The lowest BCUT2D eigenvalue weighted by Gasteiger charge is -1.90. The summed E-state index contributed by atoms with van der Waals surface area (Å²) in [5.41, 5.74) is 4.32. The molecule has 5 nitrogen and oxygen atoms in total. The number of hydrogen-bond acceptors (Lipinski definition) is 4. The van der Waals surface area contributed by atoms with Gasteiger partial charge in [-0.05, 0) is 12.2 Å². The molecule has 0 aliphatic heterocycles. The van der Waals surface area contributed by atoms with Gasteiger partial charge >= 0.3 is 5.69 Å². The Morgan fingerprint density at radius 1 is 1.60 bits per heavy atom. The second kappa shape index (κ2) is 8.25. The Morgan fingerprint density at radius 2 is 2.27 bits per heavy atom. The van der Waals surface area contributed by atoms with Crippen molar-refractivity contribution in [1.82, 2.24) is 9.97 Å². The highest BCUT2D eigenvalue weighted by Crippen LogP contribution is 1.99. The highest BCUT2D eigenvalue weighted by molar-refractivity contribution is 8.22. The predicted octanol–water partition coefficient (Wildman–Crippen LogP) is 0.436. The van der Waals surface area contributed by atoms with E-state index in [9.17, 15) is 9.59 Å². The summed E-state index contributed by atoms with van der Waals surface area (Å²) in [4.78, 5) is 24.7. The molecule has 84 valence electrons. The minimum Gasteiger partial charge on any atom is -0.385 e. The Kier molecular flexibility index (Phi) is 7.65. The van der Waals surface area contributed by atoms with E-state index in [-0.39, 0.29) is 5.56 Å². The Morgan fingerprint density at radius 3 is 2.53 bits per heavy atom. The molecule has 1 rings (SSSR count). The lowest BCUT2D eigenvalue weighted by atomic mass is 10.6. The van der Waals surface area contributed by atoms with Crippen LogP contribution in [0.15, 0.2) is 21.9 Å². The number of nitrogens with two attached hydrogens (primary N) is 1. The van der Waals surface area contributed by atoms with Gasteiger partial charge in [-0.1, -0.05) is 30.9 Å². The lowest BCUT2D eigenvalue weighted by molar-refractivity contribution is 1.04. The van der Waals surface area contributed by atoms with Crippen LogP contribution >= 0.6 is 24.0 Å². The second-order valence-corrected chi connectivity index (χ2v) is 4.30. The Bertz CT molecular complexity index is 374. The minimum absolute atomic E-state index is 0.381. The first kappa shape index (κ1) is 13.9. The Balaban J connectivity index is 0.000000265. The van der Waals surface area contributed by atoms with Gasteiger partial charge in [-0.3, -0.25) is 9.78 Å². The van der Waals surface area contributed by atoms with E-state index in [1.165, 1.54) is 12.3 Å². The van der Waals surface area contributed by atoms with E-state index in [1.807, 2.05) is 4.98 Å². The fourth-order valence-corrected chi connectivity index (χ4v) is 1.24. The summed E-state index contributed by atoms with van der Waals surface area (Å²) in [5.74, 6) is 1.05. The van der Waals surface area contributed by atoms with E-state index in [0.29, 0.717) is 4.32 Å². The number of aromatic nitrogens is 2. The van der Waals surface area contributed by atoms with E-state index in [4.69, 9.17) is 5.73 Å². The van der Waals surface area contributed by atoms with Crippen LogP contribution < -0.4 is 17.0 Å². The highest BCUT2D eigenvalue weighted by atomic mass is 32.2. The van der Waals surface area contributed by atoms with Crippen LogP contribution in [0.3, 0.4) is 0 Å². The van der Waals surface area contributed by atoms with Gasteiger partial charge in [0.25, 0.3) is 5.56 Å². The number of hydrogen-bond donors (Lipinski definition) is 3. The summed E-state index contributed by atoms with van der Waals surface area (Å²) < 4.78 is 0.557. The molecule has 0 aliphatic rings. The SMILES string of the molecule is CCCSC(N)=S.O=c1cc[nH]c(=O)[nH]1. The average molecular weight is 247 g/mol. The molecule has 0 saturated heterocycles. The molecule has 1 aromatic rings. The molecular weight excluding hydrogens is 234 g/mol. The summed E-state index contributed by atoms with van der Waals surface area (Å²) in [6.45, 7) is 2.10. The zero-order chi connectivity index (χ0) is 11.7. The quantitative estimate of drug-likeness (QED) is 0.659. The minimum atomic E-state index is -0.475. The molecular formula is C8H13N3O2S2. The highest BCUT2D eigenvalue weighted by Gasteiger charge is 1.84. The van der Waals surface area contributed by atoms with Crippen molar-refractivity contribution in [2.24, 2.45) is 5.73 Å². The first-order valence-electron chi connectivity index (χ1n) is 4.26. The predicted molar refractivity (Wildman–Crippen MR) is 67.2 cm³/mol. The van der Waals surface area contributed by atoms with Crippen molar-refractivity contribution in [3.63, 3.8) is 0 Å². The van der Waals surface area contributed by atoms with E-state index in [0.717, 1.165) is 12.2 Å². The number of thiocarbonyl (C=S) groups is 1. The maximum absolute atomic E-state index is 10.2. The molecule has 0 aliphatic carbocycles. The summed E-state index contributed by atoms with van der Waals surface area (Å²) in [6, 6.07) is 1.24. The molecule has 1 heterocycles. The fourth-order valence-electron chi connectivity index (χ4n) is 0.585. The molecule has 0 amide bonds. The summed E-state index contributed by atoms with van der Waals surface area (Å²) >= 11 is 6.14. The van der Waals surface area contributed by atoms with E-state index >= 15 is 0 Å². The Labute approximate surface area is 96.5 Å². The third-order valence-corrected chi connectivity index (χ3v) is 2.38. The van der Waals surface area contributed by atoms with Gasteiger partial charge in [0.15, 0.2) is 0 Å². The first-order valence-corrected chi connectivity index (χ1v) is 5.66. The maximum Gasteiger partial charge on any atom is 0.325 e. The average Bonchev–Trinajstić information content (AvgIpc) is 2.15. The van der Waals surface area contributed by atoms with Crippen molar-refractivity contribution >= 4 is 28.3 Å². The fraction of sp³-hybridized carbons (Fsp3) is 0.375. The van der Waals surface area contributed by atoms with Crippen molar-refractivity contribution in [3.05, 3.63) is 33.1 Å². The molecule has 0 bridgehead atoms. The number of H-pyrrole nitrogens is 2. The van der Waals surface area contributed by atoms with Crippen LogP contribution in [-0.4, -0.2) is 20.0 Å². The third-order valence-electron chi connectivity index (χ3n) is 1.13. The van der Waals surface area contributed by atoms with Crippen molar-refractivity contribution in [3.8, 4) is 0 Å². The summed E-state index contributed by atoms with van der Waals surface area (Å²) in [6.07, 6.45) is 2.43. The summed E-state index contributed by atoms with van der Waals surface area (Å²) in [5, 5.41) is 0. The number of aromatic amines is 2. The molecule has 0 atom stereocenters. The maximum atomic E-state index is 10.2. The van der Waals surface area contributed by atoms with Crippen LogP contribution in [0, 0.1) is 0 Å². The van der Waals surface area contributed by atoms with Crippen molar-refractivity contribution in [1.29, 1.82) is 0 Å². The van der Waals surface area contributed by atoms with Crippen LogP contribution in [0.4, 0.5) is 0 Å². The molecule has 0 radical (unpaired) electrons. The first-order chi connectivity index (χ1) is 7.06. The van der Waals surface area contributed by atoms with Gasteiger partial charge in [0, 0.05) is 12.3 Å². The normalized spacial score (nSPS) is 8.87. The molecule has 0 unspecified atom stereocenters. The van der Waals surface area contributed by atoms with Crippen LogP contribution in [0.1, 0.15) is 13.3 Å². The van der Waals surface area contributed by atoms with Crippen LogP contribution in [-0.2, 0) is 0 Å². The zero-order valence-electron chi connectivity index (χ0n) is 8.28. The lowest BCUT2D eigenvalue weighted by Crippen LogP contribution is -2.19. The van der Waals surface area contributed by atoms with E-state index < -0.39 is 5.69 Å².